The van der Waals surface area contributed by atoms with E-state index in [1.807, 2.05) is 34.5 Å². The van der Waals surface area contributed by atoms with Gasteiger partial charge in [0, 0.05) is 55.1 Å². The first-order valence-corrected chi connectivity index (χ1v) is 11.8. The fourth-order valence-corrected chi connectivity index (χ4v) is 5.00. The molecule has 4 aromatic rings. The summed E-state index contributed by atoms with van der Waals surface area (Å²) in [6, 6.07) is 14.5. The van der Waals surface area contributed by atoms with Crippen LogP contribution in [-0.2, 0) is 11.2 Å². The van der Waals surface area contributed by atoms with Crippen LogP contribution < -0.4 is 4.90 Å². The Morgan fingerprint density at radius 2 is 1.70 bits per heavy atom. The minimum absolute atomic E-state index is 0.222. The normalized spacial score (nSPS) is 14.4. The van der Waals surface area contributed by atoms with Gasteiger partial charge in [0.2, 0.25) is 5.91 Å². The fourth-order valence-electron chi connectivity index (χ4n) is 5.00. The monoisotopic (exact) mass is 441 g/mol. The maximum atomic E-state index is 13.0. The lowest BCUT2D eigenvalue weighted by atomic mass is 10.1. The Morgan fingerprint density at radius 3 is 2.48 bits per heavy atom. The van der Waals surface area contributed by atoms with Crippen molar-refractivity contribution in [2.24, 2.45) is 0 Å². The molecule has 0 bridgehead atoms. The van der Waals surface area contributed by atoms with E-state index >= 15 is 0 Å². The molecule has 0 unspecified atom stereocenters. The number of hydrogen-bond acceptors (Lipinski definition) is 4. The fraction of sp³-hybridized carbons (Fsp3) is 0.370. The number of nitrogens with zero attached hydrogens (tertiary/aromatic N) is 5. The van der Waals surface area contributed by atoms with E-state index in [9.17, 15) is 4.79 Å². The summed E-state index contributed by atoms with van der Waals surface area (Å²) < 4.78 is 1.93. The van der Waals surface area contributed by atoms with Gasteiger partial charge in [-0.1, -0.05) is 24.3 Å². The van der Waals surface area contributed by atoms with Crippen LogP contribution in [0, 0.1) is 27.7 Å². The van der Waals surface area contributed by atoms with Gasteiger partial charge in [-0.25, -0.2) is 9.50 Å². The molecule has 2 aromatic heterocycles. The zero-order valence-electron chi connectivity index (χ0n) is 19.9. The van der Waals surface area contributed by atoms with Gasteiger partial charge in [-0.3, -0.25) is 4.79 Å². The SMILES string of the molecule is Cc1cccc(N2CCN(C(=O)CCc3c(C)nc4c5ccccc5nn4c3C)CC2)c1C. The van der Waals surface area contributed by atoms with E-state index in [-0.39, 0.29) is 5.91 Å². The van der Waals surface area contributed by atoms with E-state index in [4.69, 9.17) is 10.1 Å². The van der Waals surface area contributed by atoms with E-state index in [0.717, 1.165) is 59.7 Å². The molecule has 5 rings (SSSR count). The summed E-state index contributed by atoms with van der Waals surface area (Å²) in [5.41, 5.74) is 8.95. The molecule has 0 aliphatic carbocycles. The van der Waals surface area contributed by atoms with Crippen molar-refractivity contribution >= 4 is 28.1 Å². The summed E-state index contributed by atoms with van der Waals surface area (Å²) in [4.78, 5) is 22.3. The minimum atomic E-state index is 0.222. The molecule has 1 saturated heterocycles. The number of fused-ring (bicyclic) bond motifs is 3. The molecule has 6 nitrogen and oxygen atoms in total. The highest BCUT2D eigenvalue weighted by atomic mass is 16.2. The molecule has 170 valence electrons. The summed E-state index contributed by atoms with van der Waals surface area (Å²) in [5, 5.41) is 5.80. The smallest absolute Gasteiger partial charge is 0.223 e. The maximum Gasteiger partial charge on any atom is 0.223 e. The Hall–Kier alpha value is -3.41. The van der Waals surface area contributed by atoms with Crippen molar-refractivity contribution < 1.29 is 4.79 Å². The number of aromatic nitrogens is 3. The number of aryl methyl sites for hydroxylation is 3. The van der Waals surface area contributed by atoms with E-state index in [2.05, 4.69) is 49.9 Å². The molecule has 0 N–H and O–H groups in total. The van der Waals surface area contributed by atoms with Crippen molar-refractivity contribution in [2.45, 2.75) is 40.5 Å². The third kappa shape index (κ3) is 3.84. The molecule has 1 amide bonds. The number of carbonyl (C=O) groups excluding carboxylic acids is 1. The van der Waals surface area contributed by atoms with E-state index in [1.54, 1.807) is 0 Å². The zero-order chi connectivity index (χ0) is 23.1. The quantitative estimate of drug-likeness (QED) is 0.471. The number of hydrogen-bond donors (Lipinski definition) is 0. The predicted octanol–water partition coefficient (Wildman–Crippen LogP) is 4.40. The highest BCUT2D eigenvalue weighted by molar-refractivity contribution is 5.92. The Labute approximate surface area is 194 Å². The van der Waals surface area contributed by atoms with Crippen LogP contribution in [-0.4, -0.2) is 51.6 Å². The first kappa shape index (κ1) is 21.4. The third-order valence-electron chi connectivity index (χ3n) is 7.16. The second-order valence-corrected chi connectivity index (χ2v) is 9.10. The van der Waals surface area contributed by atoms with Gasteiger partial charge in [0.15, 0.2) is 5.65 Å². The molecular weight excluding hydrogens is 410 g/mol. The van der Waals surface area contributed by atoms with Crippen molar-refractivity contribution in [3.63, 3.8) is 0 Å². The van der Waals surface area contributed by atoms with E-state index in [0.29, 0.717) is 12.8 Å². The van der Waals surface area contributed by atoms with Gasteiger partial charge < -0.3 is 9.80 Å². The van der Waals surface area contributed by atoms with Gasteiger partial charge in [0.1, 0.15) is 0 Å². The number of piperazine rings is 1. The molecule has 33 heavy (non-hydrogen) atoms. The van der Waals surface area contributed by atoms with Crippen LogP contribution in [0.3, 0.4) is 0 Å². The molecule has 0 spiro atoms. The topological polar surface area (TPSA) is 53.7 Å². The predicted molar refractivity (Wildman–Crippen MR) is 133 cm³/mol. The molecule has 1 fully saturated rings. The number of rotatable bonds is 4. The largest absolute Gasteiger partial charge is 0.368 e. The Bertz CT molecular complexity index is 1350. The van der Waals surface area contributed by atoms with Crippen molar-refractivity contribution in [3.8, 4) is 0 Å². The van der Waals surface area contributed by atoms with Gasteiger partial charge in [-0.2, -0.15) is 5.10 Å². The molecule has 2 aromatic carbocycles. The number of benzene rings is 2. The zero-order valence-corrected chi connectivity index (χ0v) is 19.9. The van der Waals surface area contributed by atoms with Crippen molar-refractivity contribution in [2.75, 3.05) is 31.1 Å². The van der Waals surface area contributed by atoms with Crippen LogP contribution in [0.4, 0.5) is 5.69 Å². The Balaban J connectivity index is 1.27. The maximum absolute atomic E-state index is 13.0. The number of carbonyl (C=O) groups is 1. The standard InChI is InChI=1S/C27H31N5O/c1-18-8-7-11-25(19(18)2)30-14-16-31(17-15-30)26(33)13-12-22-20(3)28-27-23-9-5-6-10-24(23)29-32(27)21(22)4/h5-11H,12-17H2,1-4H3. The Kier molecular flexibility index (Phi) is 5.52. The summed E-state index contributed by atoms with van der Waals surface area (Å²) in [6.07, 6.45) is 1.19. The molecule has 0 saturated carbocycles. The molecule has 1 aliphatic heterocycles. The van der Waals surface area contributed by atoms with Crippen LogP contribution in [0.1, 0.15) is 34.5 Å². The summed E-state index contributed by atoms with van der Waals surface area (Å²) in [6.45, 7) is 11.7. The van der Waals surface area contributed by atoms with Crippen LogP contribution in [0.15, 0.2) is 42.5 Å². The molecular formula is C27H31N5O. The Morgan fingerprint density at radius 1 is 0.939 bits per heavy atom. The van der Waals surface area contributed by atoms with E-state index < -0.39 is 0 Å². The lowest BCUT2D eigenvalue weighted by Crippen LogP contribution is -2.49. The van der Waals surface area contributed by atoms with Crippen LogP contribution in [0.25, 0.3) is 16.6 Å². The van der Waals surface area contributed by atoms with Crippen LogP contribution >= 0.6 is 0 Å². The summed E-state index contributed by atoms with van der Waals surface area (Å²) >= 11 is 0. The average molecular weight is 442 g/mol. The van der Waals surface area contributed by atoms with Crippen LogP contribution in [0.2, 0.25) is 0 Å². The van der Waals surface area contributed by atoms with Gasteiger partial charge in [-0.05, 0) is 69.0 Å². The highest BCUT2D eigenvalue weighted by Gasteiger charge is 2.23. The summed E-state index contributed by atoms with van der Waals surface area (Å²) in [7, 11) is 0. The van der Waals surface area contributed by atoms with Crippen molar-refractivity contribution in [3.05, 3.63) is 70.5 Å². The van der Waals surface area contributed by atoms with Gasteiger partial charge in [-0.15, -0.1) is 0 Å². The third-order valence-corrected chi connectivity index (χ3v) is 7.16. The highest BCUT2D eigenvalue weighted by Crippen LogP contribution is 2.25. The second-order valence-electron chi connectivity index (χ2n) is 9.10. The van der Waals surface area contributed by atoms with Gasteiger partial charge in [0.05, 0.1) is 5.52 Å². The van der Waals surface area contributed by atoms with Crippen LogP contribution in [0.5, 0.6) is 0 Å². The first-order chi connectivity index (χ1) is 15.9. The number of amides is 1. The molecule has 6 heteroatoms. The lowest BCUT2D eigenvalue weighted by Gasteiger charge is -2.37. The van der Waals surface area contributed by atoms with Gasteiger partial charge >= 0.3 is 0 Å². The molecule has 0 radical (unpaired) electrons. The summed E-state index contributed by atoms with van der Waals surface area (Å²) in [5.74, 6) is 0.222. The molecule has 0 atom stereocenters. The van der Waals surface area contributed by atoms with Crippen molar-refractivity contribution in [1.29, 1.82) is 0 Å². The number of anilines is 1. The lowest BCUT2D eigenvalue weighted by molar-refractivity contribution is -0.131. The molecule has 3 heterocycles. The van der Waals surface area contributed by atoms with E-state index in [1.165, 1.54) is 16.8 Å². The average Bonchev–Trinajstić information content (AvgIpc) is 3.19. The molecule has 1 aliphatic rings. The first-order valence-electron chi connectivity index (χ1n) is 11.8. The minimum Gasteiger partial charge on any atom is -0.368 e. The van der Waals surface area contributed by atoms with Gasteiger partial charge in [0.25, 0.3) is 0 Å². The van der Waals surface area contributed by atoms with Crippen molar-refractivity contribution in [1.82, 2.24) is 19.5 Å². The second kappa shape index (κ2) is 8.50.